The van der Waals surface area contributed by atoms with Crippen molar-refractivity contribution in [3.05, 3.63) is 11.7 Å². The Morgan fingerprint density at radius 2 is 2.38 bits per heavy atom. The van der Waals surface area contributed by atoms with Crippen LogP contribution in [0.4, 0.5) is 0 Å². The van der Waals surface area contributed by atoms with E-state index < -0.39 is 0 Å². The molecule has 2 rings (SSSR count). The largest absolute Gasteiger partial charge is 0.392 e. The zero-order chi connectivity index (χ0) is 11.4. The lowest BCUT2D eigenvalue weighted by Crippen LogP contribution is -2.11. The number of rotatable bonds is 5. The van der Waals surface area contributed by atoms with E-state index in [1.165, 1.54) is 0 Å². The Labute approximate surface area is 94.8 Å². The molecule has 90 valence electrons. The second-order valence-corrected chi connectivity index (χ2v) is 4.25. The number of hydrogen-bond acceptors (Lipinski definition) is 5. The van der Waals surface area contributed by atoms with Crippen LogP contribution >= 0.6 is 0 Å². The number of hydrogen-bond donors (Lipinski definition) is 1. The fourth-order valence-electron chi connectivity index (χ4n) is 2.12. The Morgan fingerprint density at radius 3 is 3.06 bits per heavy atom. The summed E-state index contributed by atoms with van der Waals surface area (Å²) < 4.78 is 10.1. The maximum absolute atomic E-state index is 9.72. The van der Waals surface area contributed by atoms with Crippen LogP contribution in [-0.4, -0.2) is 35.1 Å². The van der Waals surface area contributed by atoms with Crippen molar-refractivity contribution in [2.75, 3.05) is 13.7 Å². The van der Waals surface area contributed by atoms with Crippen LogP contribution in [0.5, 0.6) is 0 Å². The van der Waals surface area contributed by atoms with Gasteiger partial charge in [-0.3, -0.25) is 0 Å². The lowest BCUT2D eigenvalue weighted by Gasteiger charge is -2.07. The van der Waals surface area contributed by atoms with E-state index in [1.54, 1.807) is 7.11 Å². The van der Waals surface area contributed by atoms with Crippen LogP contribution in [0.25, 0.3) is 0 Å². The Morgan fingerprint density at radius 1 is 1.50 bits per heavy atom. The van der Waals surface area contributed by atoms with Crippen molar-refractivity contribution in [1.82, 2.24) is 10.1 Å². The number of aliphatic hydroxyl groups excluding tert-OH is 1. The van der Waals surface area contributed by atoms with E-state index in [4.69, 9.17) is 9.26 Å². The Kier molecular flexibility index (Phi) is 3.90. The molecule has 1 saturated carbocycles. The molecule has 0 radical (unpaired) electrons. The normalized spacial score (nSPS) is 25.1. The number of aromatic nitrogens is 2. The van der Waals surface area contributed by atoms with Crippen LogP contribution in [0.15, 0.2) is 4.52 Å². The fraction of sp³-hybridized carbons (Fsp3) is 0.818. The van der Waals surface area contributed by atoms with Gasteiger partial charge in [-0.05, 0) is 25.7 Å². The third kappa shape index (κ3) is 2.59. The van der Waals surface area contributed by atoms with Gasteiger partial charge in [0.25, 0.3) is 0 Å². The van der Waals surface area contributed by atoms with E-state index in [2.05, 4.69) is 10.1 Å². The van der Waals surface area contributed by atoms with E-state index in [1.807, 2.05) is 0 Å². The van der Waals surface area contributed by atoms with Crippen molar-refractivity contribution in [1.29, 1.82) is 0 Å². The molecule has 5 nitrogen and oxygen atoms in total. The molecule has 1 aromatic rings. The first-order valence-electron chi connectivity index (χ1n) is 5.80. The highest BCUT2D eigenvalue weighted by Crippen LogP contribution is 2.33. The summed E-state index contributed by atoms with van der Waals surface area (Å²) in [6, 6.07) is 0. The van der Waals surface area contributed by atoms with Crippen molar-refractivity contribution in [3.63, 3.8) is 0 Å². The zero-order valence-corrected chi connectivity index (χ0v) is 9.56. The second kappa shape index (κ2) is 5.41. The van der Waals surface area contributed by atoms with Gasteiger partial charge in [-0.25, -0.2) is 0 Å². The maximum atomic E-state index is 9.72. The summed E-state index contributed by atoms with van der Waals surface area (Å²) in [5, 5.41) is 13.6. The lowest BCUT2D eigenvalue weighted by molar-refractivity contribution is 0.148. The molecule has 0 aliphatic heterocycles. The van der Waals surface area contributed by atoms with Gasteiger partial charge in [0.05, 0.1) is 12.0 Å². The summed E-state index contributed by atoms with van der Waals surface area (Å²) in [5.41, 5.74) is 0. The topological polar surface area (TPSA) is 68.4 Å². The number of aliphatic hydroxyl groups is 1. The van der Waals surface area contributed by atoms with Crippen LogP contribution in [0.3, 0.4) is 0 Å². The molecule has 16 heavy (non-hydrogen) atoms. The quantitative estimate of drug-likeness (QED) is 0.766. The van der Waals surface area contributed by atoms with Crippen LogP contribution in [0.2, 0.25) is 0 Å². The molecule has 1 aliphatic rings. The van der Waals surface area contributed by atoms with Gasteiger partial charge in [-0.1, -0.05) is 5.16 Å². The van der Waals surface area contributed by atoms with Gasteiger partial charge in [0.15, 0.2) is 5.82 Å². The summed E-state index contributed by atoms with van der Waals surface area (Å²) in [6.07, 6.45) is 4.16. The Balaban J connectivity index is 1.91. The van der Waals surface area contributed by atoms with Crippen LogP contribution in [-0.2, 0) is 11.2 Å². The van der Waals surface area contributed by atoms with Crippen molar-refractivity contribution < 1.29 is 14.4 Å². The molecule has 2 unspecified atom stereocenters. The molecule has 0 bridgehead atoms. The lowest BCUT2D eigenvalue weighted by atomic mass is 10.1. The van der Waals surface area contributed by atoms with Crippen molar-refractivity contribution >= 4 is 0 Å². The number of methoxy groups -OCH3 is 1. The van der Waals surface area contributed by atoms with Gasteiger partial charge < -0.3 is 14.4 Å². The van der Waals surface area contributed by atoms with Crippen LogP contribution < -0.4 is 0 Å². The standard InChI is InChI=1S/C11H18N2O3/c1-15-7-3-6-10-12-11(16-13-10)8-4-2-5-9(8)14/h8-9,14H,2-7H2,1H3. The van der Waals surface area contributed by atoms with Gasteiger partial charge in [0.2, 0.25) is 5.89 Å². The molecule has 2 atom stereocenters. The van der Waals surface area contributed by atoms with Gasteiger partial charge in [0.1, 0.15) is 0 Å². The average molecular weight is 226 g/mol. The first-order valence-corrected chi connectivity index (χ1v) is 5.80. The second-order valence-electron chi connectivity index (χ2n) is 4.25. The monoisotopic (exact) mass is 226 g/mol. The van der Waals surface area contributed by atoms with Gasteiger partial charge in [0, 0.05) is 20.1 Å². The summed E-state index contributed by atoms with van der Waals surface area (Å²) in [4.78, 5) is 4.32. The molecule has 0 aromatic carbocycles. The van der Waals surface area contributed by atoms with E-state index in [0.29, 0.717) is 18.3 Å². The molecule has 5 heteroatoms. The van der Waals surface area contributed by atoms with Crippen LogP contribution in [0.1, 0.15) is 43.3 Å². The molecule has 1 aromatic heterocycles. The van der Waals surface area contributed by atoms with Gasteiger partial charge in [-0.2, -0.15) is 4.98 Å². The molecule has 1 N–H and O–H groups in total. The van der Waals surface area contributed by atoms with E-state index in [-0.39, 0.29) is 12.0 Å². The Hall–Kier alpha value is -0.940. The number of ether oxygens (including phenoxy) is 1. The smallest absolute Gasteiger partial charge is 0.232 e. The minimum atomic E-state index is -0.313. The predicted octanol–water partition coefficient (Wildman–Crippen LogP) is 1.28. The maximum Gasteiger partial charge on any atom is 0.232 e. The van der Waals surface area contributed by atoms with Crippen LogP contribution in [0, 0.1) is 0 Å². The molecule has 0 amide bonds. The summed E-state index contributed by atoms with van der Waals surface area (Å²) in [7, 11) is 1.68. The average Bonchev–Trinajstić information content (AvgIpc) is 2.87. The van der Waals surface area contributed by atoms with E-state index >= 15 is 0 Å². The SMILES string of the molecule is COCCCc1noc(C2CCCC2O)n1. The number of aryl methyl sites for hydroxylation is 1. The van der Waals surface area contributed by atoms with E-state index in [0.717, 1.165) is 32.1 Å². The Bertz CT molecular complexity index is 327. The van der Waals surface area contributed by atoms with Gasteiger partial charge in [-0.15, -0.1) is 0 Å². The molecule has 0 spiro atoms. The van der Waals surface area contributed by atoms with Crippen molar-refractivity contribution in [2.24, 2.45) is 0 Å². The third-order valence-electron chi connectivity index (χ3n) is 3.03. The molecule has 0 saturated heterocycles. The van der Waals surface area contributed by atoms with E-state index in [9.17, 15) is 5.11 Å². The molecular weight excluding hydrogens is 208 g/mol. The molecule has 1 aliphatic carbocycles. The fourth-order valence-corrected chi connectivity index (χ4v) is 2.12. The van der Waals surface area contributed by atoms with Crippen molar-refractivity contribution in [3.8, 4) is 0 Å². The first-order chi connectivity index (χ1) is 7.81. The zero-order valence-electron chi connectivity index (χ0n) is 9.56. The number of nitrogens with zero attached hydrogens (tertiary/aromatic N) is 2. The highest BCUT2D eigenvalue weighted by molar-refractivity contribution is 5.00. The highest BCUT2D eigenvalue weighted by atomic mass is 16.5. The highest BCUT2D eigenvalue weighted by Gasteiger charge is 2.31. The third-order valence-corrected chi connectivity index (χ3v) is 3.03. The molecule has 1 heterocycles. The van der Waals surface area contributed by atoms with Gasteiger partial charge >= 0.3 is 0 Å². The first kappa shape index (κ1) is 11.5. The minimum absolute atomic E-state index is 0.0451. The summed E-state index contributed by atoms with van der Waals surface area (Å²) in [5.74, 6) is 1.35. The summed E-state index contributed by atoms with van der Waals surface area (Å²) >= 11 is 0. The molecule has 1 fully saturated rings. The molecular formula is C11H18N2O3. The minimum Gasteiger partial charge on any atom is -0.392 e. The summed E-state index contributed by atoms with van der Waals surface area (Å²) in [6.45, 7) is 0.704. The van der Waals surface area contributed by atoms with Crippen molar-refractivity contribution in [2.45, 2.75) is 44.1 Å². The predicted molar refractivity (Wildman–Crippen MR) is 57.1 cm³/mol.